The molecule has 0 aromatic carbocycles. The molecule has 0 aromatic rings. The number of nitrogens with zero attached hydrogens (tertiary/aromatic N) is 2. The highest BCUT2D eigenvalue weighted by molar-refractivity contribution is 5.72. The fourth-order valence-electron chi connectivity index (χ4n) is 9.43. The van der Waals surface area contributed by atoms with Crippen LogP contribution in [0.4, 0.5) is 0 Å². The lowest BCUT2D eigenvalue weighted by Gasteiger charge is -2.49. The van der Waals surface area contributed by atoms with E-state index in [1.165, 1.54) is 6.92 Å². The molecule has 0 saturated carbocycles. The highest BCUT2D eigenvalue weighted by atomic mass is 16.7. The third-order valence-corrected chi connectivity index (χ3v) is 13.1. The number of cyclic esters (lactones) is 1. The lowest BCUT2D eigenvalue weighted by atomic mass is 9.70. The van der Waals surface area contributed by atoms with E-state index in [0.29, 0.717) is 32.2 Å². The minimum atomic E-state index is -1.72. The Morgan fingerprint density at radius 3 is 2.15 bits per heavy atom. The van der Waals surface area contributed by atoms with Gasteiger partial charge in [-0.2, -0.15) is 0 Å². The number of aliphatic hydroxyl groups is 5. The van der Waals surface area contributed by atoms with Gasteiger partial charge in [-0.05, 0) is 113 Å². The van der Waals surface area contributed by atoms with Crippen LogP contribution >= 0.6 is 0 Å². The minimum Gasteiger partial charge on any atom is -0.459 e. The number of carbonyl (C=O) groups is 1. The summed E-state index contributed by atoms with van der Waals surface area (Å²) < 4.78 is 31.4. The molecule has 0 aliphatic carbocycles. The van der Waals surface area contributed by atoms with Gasteiger partial charge in [-0.25, -0.2) is 0 Å². The molecular formula is C40H76N2O11. The number of hydrogen-bond acceptors (Lipinski definition) is 13. The lowest BCUT2D eigenvalue weighted by molar-refractivity contribution is -0.298. The van der Waals surface area contributed by atoms with Gasteiger partial charge in [-0.3, -0.25) is 4.79 Å². The highest BCUT2D eigenvalue weighted by Crippen LogP contribution is 2.43. The summed E-state index contributed by atoms with van der Waals surface area (Å²) in [6.45, 7) is 19.0. The van der Waals surface area contributed by atoms with Crippen LogP contribution in [0.2, 0.25) is 0 Å². The van der Waals surface area contributed by atoms with Crippen molar-refractivity contribution in [2.45, 2.75) is 192 Å². The second-order valence-electron chi connectivity index (χ2n) is 18.1. The Hall–Kier alpha value is -0.970. The molecule has 5 N–H and O–H groups in total. The SMILES string of the molecule is CC[C@H]1OC(=O)[C@H](C)[C@@H](C[C@H]2C[C@@](C)(OC)[C@@H](O)[C@H](C)O2)[C@H](C)[C@@H](O[C@@H]2O[C@H](C)C[C@H](N(C)C)[C@H]2O)[C@](C)(O)C[C@@H](C)CN(C)C(C)C[C@@H](O)[C@]1(C)O. The van der Waals surface area contributed by atoms with Crippen LogP contribution in [0.15, 0.2) is 0 Å². The van der Waals surface area contributed by atoms with Gasteiger partial charge in [0.2, 0.25) is 0 Å². The molecule has 18 atom stereocenters. The Balaban J connectivity index is 2.17. The molecule has 3 saturated heterocycles. The van der Waals surface area contributed by atoms with Gasteiger partial charge in [0.25, 0.3) is 0 Å². The Labute approximate surface area is 319 Å². The van der Waals surface area contributed by atoms with Crippen LogP contribution in [0.25, 0.3) is 0 Å². The van der Waals surface area contributed by atoms with E-state index in [2.05, 4.69) is 11.8 Å². The van der Waals surface area contributed by atoms with Crippen molar-refractivity contribution in [3.8, 4) is 0 Å². The Morgan fingerprint density at radius 2 is 1.58 bits per heavy atom. The number of methoxy groups -OCH3 is 1. The number of hydrogen-bond donors (Lipinski definition) is 5. The molecule has 3 heterocycles. The maximum atomic E-state index is 14.3. The van der Waals surface area contributed by atoms with Crippen molar-refractivity contribution < 1.29 is 54.0 Å². The van der Waals surface area contributed by atoms with Gasteiger partial charge in [-0.1, -0.05) is 27.7 Å². The molecule has 1 unspecified atom stereocenters. The number of aliphatic hydroxyl groups excluding tert-OH is 3. The number of rotatable bonds is 7. The zero-order chi connectivity index (χ0) is 40.4. The summed E-state index contributed by atoms with van der Waals surface area (Å²) in [5.74, 6) is -2.43. The van der Waals surface area contributed by atoms with E-state index < -0.39 is 89.5 Å². The summed E-state index contributed by atoms with van der Waals surface area (Å²) in [4.78, 5) is 18.4. The van der Waals surface area contributed by atoms with Crippen molar-refractivity contribution in [2.24, 2.45) is 23.7 Å². The predicted octanol–water partition coefficient (Wildman–Crippen LogP) is 2.95. The molecule has 3 fully saturated rings. The molecule has 3 aliphatic heterocycles. The molecule has 13 heteroatoms. The molecule has 0 spiro atoms. The van der Waals surface area contributed by atoms with Gasteiger partial charge < -0.3 is 59.0 Å². The zero-order valence-corrected chi connectivity index (χ0v) is 35.2. The van der Waals surface area contributed by atoms with Crippen molar-refractivity contribution in [2.75, 3.05) is 34.8 Å². The minimum absolute atomic E-state index is 0.0393. The summed E-state index contributed by atoms with van der Waals surface area (Å²) in [6, 6.07) is -0.373. The van der Waals surface area contributed by atoms with Crippen LogP contribution in [0.5, 0.6) is 0 Å². The van der Waals surface area contributed by atoms with Crippen molar-refractivity contribution >= 4 is 5.97 Å². The summed E-state index contributed by atoms with van der Waals surface area (Å²) in [5.41, 5.74) is -4.07. The first-order chi connectivity index (χ1) is 24.4. The highest BCUT2D eigenvalue weighted by Gasteiger charge is 2.51. The van der Waals surface area contributed by atoms with Crippen LogP contribution in [-0.4, -0.2) is 160 Å². The first-order valence-electron chi connectivity index (χ1n) is 20.0. The number of esters is 1. The Bertz CT molecular complexity index is 1160. The fraction of sp³-hybridized carbons (Fsp3) is 0.975. The summed E-state index contributed by atoms with van der Waals surface area (Å²) in [7, 11) is 7.34. The quantitative estimate of drug-likeness (QED) is 0.240. The van der Waals surface area contributed by atoms with Crippen molar-refractivity contribution in [1.82, 2.24) is 9.80 Å². The third-order valence-electron chi connectivity index (χ3n) is 13.1. The van der Waals surface area contributed by atoms with Gasteiger partial charge in [-0.15, -0.1) is 0 Å². The maximum absolute atomic E-state index is 14.3. The average Bonchev–Trinajstić information content (AvgIpc) is 3.06. The third kappa shape index (κ3) is 10.9. The van der Waals surface area contributed by atoms with E-state index in [-0.39, 0.29) is 36.9 Å². The van der Waals surface area contributed by atoms with Gasteiger partial charge >= 0.3 is 5.97 Å². The molecule has 0 amide bonds. The fourth-order valence-corrected chi connectivity index (χ4v) is 9.43. The number of carbonyl (C=O) groups excluding carboxylic acids is 1. The van der Waals surface area contributed by atoms with Crippen LogP contribution in [-0.2, 0) is 28.5 Å². The van der Waals surface area contributed by atoms with E-state index in [1.54, 1.807) is 27.9 Å². The second-order valence-corrected chi connectivity index (χ2v) is 18.1. The van der Waals surface area contributed by atoms with Crippen molar-refractivity contribution in [3.05, 3.63) is 0 Å². The summed E-state index contributed by atoms with van der Waals surface area (Å²) >= 11 is 0. The molecule has 0 bridgehead atoms. The normalized spacial score (nSPS) is 49.1. The van der Waals surface area contributed by atoms with Gasteiger partial charge in [0.15, 0.2) is 6.29 Å². The van der Waals surface area contributed by atoms with E-state index in [9.17, 15) is 30.3 Å². The Morgan fingerprint density at radius 1 is 0.962 bits per heavy atom. The van der Waals surface area contributed by atoms with Crippen molar-refractivity contribution in [1.29, 1.82) is 0 Å². The van der Waals surface area contributed by atoms with Crippen LogP contribution in [0, 0.1) is 23.7 Å². The first kappa shape index (κ1) is 46.4. The van der Waals surface area contributed by atoms with Crippen LogP contribution in [0.1, 0.15) is 108 Å². The standard InChI is InChI=1S/C40H76N2O11/c1-15-32-40(10,48)31(43)16-23(3)42(13)21-22(2)19-38(8,47)35(53-37-33(44)30(41(11)12)17-24(4)50-37)25(5)29(26(6)36(46)52-32)18-28-20-39(9,49-14)34(45)27(7)51-28/h22-35,37,43-45,47-48H,15-21H2,1-14H3/t22-,23?,24-,25+,26-,27+,28+,29+,30+,31-,32-,33-,34+,35-,37+,38-,39-,40+/m1/s1. The van der Waals surface area contributed by atoms with E-state index in [0.717, 1.165) is 0 Å². The maximum Gasteiger partial charge on any atom is 0.309 e. The molecule has 53 heavy (non-hydrogen) atoms. The molecule has 0 radical (unpaired) electrons. The van der Waals surface area contributed by atoms with Gasteiger partial charge in [0.1, 0.15) is 23.9 Å². The summed E-state index contributed by atoms with van der Waals surface area (Å²) in [6.07, 6.45) is -5.05. The molecule has 3 rings (SSSR count). The van der Waals surface area contributed by atoms with E-state index >= 15 is 0 Å². The molecule has 312 valence electrons. The average molecular weight is 761 g/mol. The predicted molar refractivity (Wildman–Crippen MR) is 202 cm³/mol. The summed E-state index contributed by atoms with van der Waals surface area (Å²) in [5, 5.41) is 58.2. The van der Waals surface area contributed by atoms with Gasteiger partial charge in [0, 0.05) is 32.2 Å². The first-order valence-corrected chi connectivity index (χ1v) is 20.0. The molecule has 0 aromatic heterocycles. The van der Waals surface area contributed by atoms with Crippen LogP contribution < -0.4 is 0 Å². The number of likely N-dealkylation sites (N-methyl/N-ethyl adjacent to an activating group) is 1. The second kappa shape index (κ2) is 18.5. The monoisotopic (exact) mass is 761 g/mol. The molecule has 13 nitrogen and oxygen atoms in total. The van der Waals surface area contributed by atoms with E-state index in [4.69, 9.17) is 23.7 Å². The largest absolute Gasteiger partial charge is 0.459 e. The van der Waals surface area contributed by atoms with Gasteiger partial charge in [0.05, 0.1) is 47.6 Å². The number of ether oxygens (including phenoxy) is 5. The van der Waals surface area contributed by atoms with E-state index in [1.807, 2.05) is 60.7 Å². The molecular weight excluding hydrogens is 684 g/mol. The molecule has 3 aliphatic rings. The zero-order valence-electron chi connectivity index (χ0n) is 35.2. The topological polar surface area (TPSA) is 171 Å². The van der Waals surface area contributed by atoms with Crippen LogP contribution in [0.3, 0.4) is 0 Å². The van der Waals surface area contributed by atoms with Crippen molar-refractivity contribution in [3.63, 3.8) is 0 Å². The Kier molecular flexibility index (Phi) is 16.2. The smallest absolute Gasteiger partial charge is 0.309 e. The lowest BCUT2D eigenvalue weighted by Crippen LogP contribution is -2.59.